The van der Waals surface area contributed by atoms with Crippen molar-refractivity contribution in [3.8, 4) is 0 Å². The maximum Gasteiger partial charge on any atom is 0.251 e. The Labute approximate surface area is 165 Å². The van der Waals surface area contributed by atoms with Crippen molar-refractivity contribution in [2.45, 2.75) is 37.8 Å². The van der Waals surface area contributed by atoms with E-state index in [0.717, 1.165) is 11.3 Å². The molecule has 1 unspecified atom stereocenters. The molecule has 0 spiro atoms. The highest BCUT2D eigenvalue weighted by molar-refractivity contribution is 7.89. The lowest BCUT2D eigenvalue weighted by Gasteiger charge is -2.22. The zero-order chi connectivity index (χ0) is 20.1. The molecule has 1 aromatic carbocycles. The number of aromatic nitrogens is 1. The molecule has 1 saturated heterocycles. The molecule has 0 saturated carbocycles. The Morgan fingerprint density at radius 1 is 1.32 bits per heavy atom. The van der Waals surface area contributed by atoms with Gasteiger partial charge in [-0.1, -0.05) is 6.07 Å². The second kappa shape index (κ2) is 8.81. The summed E-state index contributed by atoms with van der Waals surface area (Å²) in [4.78, 5) is 16.8. The number of pyridine rings is 1. The fourth-order valence-corrected chi connectivity index (χ4v) is 4.72. The van der Waals surface area contributed by atoms with E-state index in [-0.39, 0.29) is 16.9 Å². The number of amides is 1. The zero-order valence-corrected chi connectivity index (χ0v) is 16.9. The quantitative estimate of drug-likeness (QED) is 0.826. The third-order valence-electron chi connectivity index (χ3n) is 4.56. The Kier molecular flexibility index (Phi) is 6.43. The maximum atomic E-state index is 13.0. The van der Waals surface area contributed by atoms with Gasteiger partial charge in [0.15, 0.2) is 0 Å². The molecule has 0 radical (unpaired) electrons. The molecule has 8 heteroatoms. The lowest BCUT2D eigenvalue weighted by atomic mass is 10.2. The summed E-state index contributed by atoms with van der Waals surface area (Å²) >= 11 is 0. The van der Waals surface area contributed by atoms with Crippen molar-refractivity contribution in [3.63, 3.8) is 0 Å². The van der Waals surface area contributed by atoms with Crippen LogP contribution in [-0.4, -0.2) is 49.4 Å². The summed E-state index contributed by atoms with van der Waals surface area (Å²) in [5, 5.41) is 2.82. The molecule has 150 valence electrons. The molecular weight excluding hydrogens is 378 g/mol. The van der Waals surface area contributed by atoms with E-state index in [0.29, 0.717) is 38.2 Å². The lowest BCUT2D eigenvalue weighted by molar-refractivity contribution is 0.0752. The first-order valence-corrected chi connectivity index (χ1v) is 10.7. The number of nitrogens with zero attached hydrogens (tertiary/aromatic N) is 2. The standard InChI is InChI=1S/C20H25N3O4S/c1-15-11-17(7-8-21-15)13-22-20(24)18-5-3-6-19(12-18)28(25,26)23-9-4-10-27-16(2)14-23/h3,5-8,11-12,16H,4,9-10,13-14H2,1-2H3,(H,22,24). The highest BCUT2D eigenvalue weighted by atomic mass is 32.2. The van der Waals surface area contributed by atoms with Gasteiger partial charge in [0.05, 0.1) is 11.0 Å². The first-order chi connectivity index (χ1) is 13.4. The Bertz CT molecular complexity index is 946. The van der Waals surface area contributed by atoms with Crippen molar-refractivity contribution in [3.05, 3.63) is 59.4 Å². The Morgan fingerprint density at radius 2 is 2.14 bits per heavy atom. The minimum Gasteiger partial charge on any atom is -0.377 e. The minimum atomic E-state index is -3.68. The van der Waals surface area contributed by atoms with Gasteiger partial charge in [-0.15, -0.1) is 0 Å². The predicted molar refractivity (Wildman–Crippen MR) is 105 cm³/mol. The van der Waals surface area contributed by atoms with E-state index in [9.17, 15) is 13.2 Å². The number of carbonyl (C=O) groups excluding carboxylic acids is 1. The third kappa shape index (κ3) is 4.95. The third-order valence-corrected chi connectivity index (χ3v) is 6.42. The molecule has 28 heavy (non-hydrogen) atoms. The number of sulfonamides is 1. The van der Waals surface area contributed by atoms with E-state index in [1.54, 1.807) is 18.3 Å². The predicted octanol–water partition coefficient (Wildman–Crippen LogP) is 2.12. The summed E-state index contributed by atoms with van der Waals surface area (Å²) < 4.78 is 33.0. The van der Waals surface area contributed by atoms with Crippen LogP contribution in [0.1, 0.15) is 35.0 Å². The van der Waals surface area contributed by atoms with Gasteiger partial charge in [-0.3, -0.25) is 9.78 Å². The number of hydrogen-bond acceptors (Lipinski definition) is 5. The lowest BCUT2D eigenvalue weighted by Crippen LogP contribution is -2.36. The number of aryl methyl sites for hydroxylation is 1. The van der Waals surface area contributed by atoms with E-state index in [2.05, 4.69) is 10.3 Å². The van der Waals surface area contributed by atoms with E-state index in [1.165, 1.54) is 16.4 Å². The van der Waals surface area contributed by atoms with Gasteiger partial charge in [-0.2, -0.15) is 4.31 Å². The SMILES string of the molecule is Cc1cc(CNC(=O)c2cccc(S(=O)(=O)N3CCCOC(C)C3)c2)ccn1. The summed E-state index contributed by atoms with van der Waals surface area (Å²) in [5.41, 5.74) is 2.12. The van der Waals surface area contributed by atoms with Gasteiger partial charge in [0.2, 0.25) is 10.0 Å². The monoisotopic (exact) mass is 403 g/mol. The first-order valence-electron chi connectivity index (χ1n) is 9.28. The molecular formula is C20H25N3O4S. The molecule has 1 atom stereocenters. The topological polar surface area (TPSA) is 88.6 Å². The molecule has 1 aliphatic rings. The van der Waals surface area contributed by atoms with Gasteiger partial charge in [-0.05, 0) is 56.2 Å². The van der Waals surface area contributed by atoms with Crippen LogP contribution < -0.4 is 5.32 Å². The molecule has 7 nitrogen and oxygen atoms in total. The van der Waals surface area contributed by atoms with Crippen LogP contribution in [0.4, 0.5) is 0 Å². The van der Waals surface area contributed by atoms with Gasteiger partial charge in [0.25, 0.3) is 5.91 Å². The van der Waals surface area contributed by atoms with Crippen molar-refractivity contribution in [1.82, 2.24) is 14.6 Å². The van der Waals surface area contributed by atoms with Crippen molar-refractivity contribution >= 4 is 15.9 Å². The summed E-state index contributed by atoms with van der Waals surface area (Å²) in [6.45, 7) is 5.35. The van der Waals surface area contributed by atoms with Gasteiger partial charge in [0.1, 0.15) is 0 Å². The van der Waals surface area contributed by atoms with Crippen LogP contribution in [0.3, 0.4) is 0 Å². The van der Waals surface area contributed by atoms with Crippen molar-refractivity contribution in [2.24, 2.45) is 0 Å². The Balaban J connectivity index is 1.74. The number of rotatable bonds is 5. The molecule has 2 aromatic rings. The van der Waals surface area contributed by atoms with Crippen LogP contribution in [0.15, 0.2) is 47.5 Å². The number of ether oxygens (including phenoxy) is 1. The second-order valence-electron chi connectivity index (χ2n) is 6.91. The van der Waals surface area contributed by atoms with Crippen LogP contribution in [-0.2, 0) is 21.3 Å². The minimum absolute atomic E-state index is 0.119. The van der Waals surface area contributed by atoms with Gasteiger partial charge in [-0.25, -0.2) is 8.42 Å². The van der Waals surface area contributed by atoms with Crippen molar-refractivity contribution < 1.29 is 17.9 Å². The van der Waals surface area contributed by atoms with E-state index in [4.69, 9.17) is 4.74 Å². The summed E-state index contributed by atoms with van der Waals surface area (Å²) in [6, 6.07) is 9.88. The highest BCUT2D eigenvalue weighted by Gasteiger charge is 2.28. The second-order valence-corrected chi connectivity index (χ2v) is 8.85. The molecule has 3 rings (SSSR count). The van der Waals surface area contributed by atoms with Crippen LogP contribution in [0.2, 0.25) is 0 Å². The summed E-state index contributed by atoms with van der Waals surface area (Å²) in [6.07, 6.45) is 2.18. The molecule has 0 aliphatic carbocycles. The molecule has 0 bridgehead atoms. The zero-order valence-electron chi connectivity index (χ0n) is 16.1. The Morgan fingerprint density at radius 3 is 2.93 bits per heavy atom. The molecule has 1 fully saturated rings. The van der Waals surface area contributed by atoms with Crippen LogP contribution in [0.25, 0.3) is 0 Å². The summed E-state index contributed by atoms with van der Waals surface area (Å²) in [7, 11) is -3.68. The maximum absolute atomic E-state index is 13.0. The normalized spacial score (nSPS) is 18.4. The van der Waals surface area contributed by atoms with Crippen LogP contribution in [0.5, 0.6) is 0 Å². The molecule has 1 amide bonds. The first kappa shape index (κ1) is 20.4. The van der Waals surface area contributed by atoms with E-state index in [1.807, 2.05) is 26.0 Å². The average Bonchev–Trinajstić information content (AvgIpc) is 2.91. The largest absolute Gasteiger partial charge is 0.377 e. The smallest absolute Gasteiger partial charge is 0.251 e. The average molecular weight is 404 g/mol. The van der Waals surface area contributed by atoms with E-state index >= 15 is 0 Å². The van der Waals surface area contributed by atoms with Crippen molar-refractivity contribution in [2.75, 3.05) is 19.7 Å². The van der Waals surface area contributed by atoms with Gasteiger partial charge in [0, 0.05) is 43.7 Å². The number of nitrogens with one attached hydrogen (secondary N) is 1. The van der Waals surface area contributed by atoms with Gasteiger partial charge < -0.3 is 10.1 Å². The molecule has 1 N–H and O–H groups in total. The van der Waals surface area contributed by atoms with Crippen molar-refractivity contribution in [1.29, 1.82) is 0 Å². The molecule has 1 aromatic heterocycles. The fraction of sp³-hybridized carbons (Fsp3) is 0.400. The molecule has 2 heterocycles. The van der Waals surface area contributed by atoms with Crippen LogP contribution >= 0.6 is 0 Å². The number of carbonyl (C=O) groups is 1. The Hall–Kier alpha value is -2.29. The van der Waals surface area contributed by atoms with Gasteiger partial charge >= 0.3 is 0 Å². The van der Waals surface area contributed by atoms with E-state index < -0.39 is 10.0 Å². The number of benzene rings is 1. The number of hydrogen-bond donors (Lipinski definition) is 1. The molecule has 1 aliphatic heterocycles. The highest BCUT2D eigenvalue weighted by Crippen LogP contribution is 2.20. The van der Waals surface area contributed by atoms with Crippen LogP contribution in [0, 0.1) is 6.92 Å². The fourth-order valence-electron chi connectivity index (χ4n) is 3.12. The summed E-state index contributed by atoms with van der Waals surface area (Å²) in [5.74, 6) is -0.320.